The highest BCUT2D eigenvalue weighted by atomic mass is 35.5. The molecular weight excluding hydrogens is 530 g/mol. The predicted octanol–water partition coefficient (Wildman–Crippen LogP) is 6.04. The van der Waals surface area contributed by atoms with Gasteiger partial charge in [-0.2, -0.15) is 0 Å². The SMILES string of the molecule is COc1ccc(OC)c(NC(=O)CSc2nc3sc4c(c3c(=O)n2-c2cccc(Cl)c2C)CCCC4)c1. The van der Waals surface area contributed by atoms with E-state index in [0.717, 1.165) is 41.6 Å². The number of ether oxygens (including phenoxy) is 2. The highest BCUT2D eigenvalue weighted by Crippen LogP contribution is 2.36. The van der Waals surface area contributed by atoms with Gasteiger partial charge in [-0.25, -0.2) is 4.98 Å². The van der Waals surface area contributed by atoms with Crippen LogP contribution < -0.4 is 20.3 Å². The lowest BCUT2D eigenvalue weighted by Crippen LogP contribution is -2.24. The summed E-state index contributed by atoms with van der Waals surface area (Å²) in [5.41, 5.74) is 2.96. The van der Waals surface area contributed by atoms with Crippen molar-refractivity contribution in [1.29, 1.82) is 0 Å². The number of nitrogens with zero attached hydrogens (tertiary/aromatic N) is 2. The summed E-state index contributed by atoms with van der Waals surface area (Å²) in [5.74, 6) is 0.908. The second kappa shape index (κ2) is 10.8. The summed E-state index contributed by atoms with van der Waals surface area (Å²) in [7, 11) is 3.10. The lowest BCUT2D eigenvalue weighted by Gasteiger charge is -2.16. The van der Waals surface area contributed by atoms with Gasteiger partial charge in [0.15, 0.2) is 5.16 Å². The fourth-order valence-electron chi connectivity index (χ4n) is 4.56. The number of methoxy groups -OCH3 is 2. The maximum Gasteiger partial charge on any atom is 0.267 e. The molecule has 0 fully saturated rings. The van der Waals surface area contributed by atoms with Crippen molar-refractivity contribution in [2.45, 2.75) is 37.8 Å². The van der Waals surface area contributed by atoms with Crippen LogP contribution in [0.1, 0.15) is 28.8 Å². The van der Waals surface area contributed by atoms with E-state index in [2.05, 4.69) is 5.32 Å². The van der Waals surface area contributed by atoms with E-state index >= 15 is 0 Å². The van der Waals surface area contributed by atoms with Crippen molar-refractivity contribution in [3.8, 4) is 17.2 Å². The van der Waals surface area contributed by atoms with Gasteiger partial charge in [0, 0.05) is 16.0 Å². The first-order valence-corrected chi connectivity index (χ1v) is 14.1. The quantitative estimate of drug-likeness (QED) is 0.221. The largest absolute Gasteiger partial charge is 0.497 e. The average Bonchev–Trinajstić information content (AvgIpc) is 3.28. The van der Waals surface area contributed by atoms with Crippen LogP contribution in [0.2, 0.25) is 5.02 Å². The molecule has 1 N–H and O–H groups in total. The van der Waals surface area contributed by atoms with Gasteiger partial charge in [-0.1, -0.05) is 29.4 Å². The normalized spacial score (nSPS) is 12.9. The Hall–Kier alpha value is -3.01. The summed E-state index contributed by atoms with van der Waals surface area (Å²) < 4.78 is 12.2. The Balaban J connectivity index is 1.53. The third-order valence-corrected chi connectivity index (χ3v) is 8.98. The van der Waals surface area contributed by atoms with Gasteiger partial charge in [-0.15, -0.1) is 11.3 Å². The van der Waals surface area contributed by atoms with Crippen LogP contribution in [0.25, 0.3) is 15.9 Å². The van der Waals surface area contributed by atoms with Crippen molar-refractivity contribution in [3.05, 3.63) is 67.8 Å². The molecule has 2 heterocycles. The van der Waals surface area contributed by atoms with Crippen molar-refractivity contribution >= 4 is 56.5 Å². The lowest BCUT2D eigenvalue weighted by molar-refractivity contribution is -0.113. The van der Waals surface area contributed by atoms with Crippen molar-refractivity contribution in [1.82, 2.24) is 9.55 Å². The minimum Gasteiger partial charge on any atom is -0.497 e. The van der Waals surface area contributed by atoms with E-state index in [0.29, 0.717) is 38.4 Å². The van der Waals surface area contributed by atoms with Crippen molar-refractivity contribution < 1.29 is 14.3 Å². The second-order valence-corrected chi connectivity index (χ2v) is 11.1. The minimum absolute atomic E-state index is 0.0447. The zero-order chi connectivity index (χ0) is 26.1. The molecule has 4 aromatic rings. The Morgan fingerprint density at radius 3 is 2.78 bits per heavy atom. The van der Waals surface area contributed by atoms with Gasteiger partial charge in [0.05, 0.1) is 36.7 Å². The van der Waals surface area contributed by atoms with Crippen LogP contribution in [0.5, 0.6) is 11.5 Å². The number of halogens is 1. The Morgan fingerprint density at radius 1 is 1.19 bits per heavy atom. The van der Waals surface area contributed by atoms with E-state index in [1.165, 1.54) is 23.7 Å². The molecule has 0 radical (unpaired) electrons. The fraction of sp³-hybridized carbons (Fsp3) is 0.296. The Labute approximate surface area is 227 Å². The second-order valence-electron chi connectivity index (χ2n) is 8.71. The topological polar surface area (TPSA) is 82.5 Å². The van der Waals surface area contributed by atoms with Gasteiger partial charge in [0.1, 0.15) is 16.3 Å². The fourth-order valence-corrected chi connectivity index (χ4v) is 6.84. The average molecular weight is 556 g/mol. The number of aryl methyl sites for hydroxylation is 2. The molecular formula is C27H26ClN3O4S2. The number of thioether (sulfide) groups is 1. The molecule has 0 saturated carbocycles. The molecule has 2 aromatic carbocycles. The van der Waals surface area contributed by atoms with Crippen LogP contribution in [0.15, 0.2) is 46.3 Å². The first-order chi connectivity index (χ1) is 17.9. The van der Waals surface area contributed by atoms with E-state index in [4.69, 9.17) is 26.1 Å². The summed E-state index contributed by atoms with van der Waals surface area (Å²) in [6, 6.07) is 10.7. The van der Waals surface area contributed by atoms with Gasteiger partial charge < -0.3 is 14.8 Å². The molecule has 1 aliphatic rings. The standard InChI is InChI=1S/C27H26ClN3O4S2/c1-15-18(28)8-6-9-20(15)31-26(33)24-17-7-4-5-10-22(17)37-25(24)30-27(31)36-14-23(32)29-19-13-16(34-2)11-12-21(19)35-3/h6,8-9,11-13H,4-5,7,10,14H2,1-3H3,(H,29,32). The van der Waals surface area contributed by atoms with E-state index in [9.17, 15) is 9.59 Å². The lowest BCUT2D eigenvalue weighted by atomic mass is 9.97. The Kier molecular flexibility index (Phi) is 7.46. The molecule has 1 amide bonds. The Bertz CT molecular complexity index is 1560. The highest BCUT2D eigenvalue weighted by molar-refractivity contribution is 7.99. The number of anilines is 1. The minimum atomic E-state index is -0.259. The number of carbonyl (C=O) groups is 1. The summed E-state index contributed by atoms with van der Waals surface area (Å²) >= 11 is 9.23. The van der Waals surface area contributed by atoms with Gasteiger partial charge in [-0.05, 0) is 68.0 Å². The smallest absolute Gasteiger partial charge is 0.267 e. The number of nitrogens with one attached hydrogen (secondary N) is 1. The number of benzene rings is 2. The van der Waals surface area contributed by atoms with Crippen molar-refractivity contribution in [2.24, 2.45) is 0 Å². The molecule has 0 atom stereocenters. The number of aromatic nitrogens is 2. The number of fused-ring (bicyclic) bond motifs is 3. The van der Waals surface area contributed by atoms with Crippen LogP contribution in [0.3, 0.4) is 0 Å². The summed E-state index contributed by atoms with van der Waals surface area (Å²) in [4.78, 5) is 33.8. The molecule has 1 aliphatic carbocycles. The molecule has 0 aliphatic heterocycles. The van der Waals surface area contributed by atoms with Gasteiger partial charge in [0.2, 0.25) is 5.91 Å². The van der Waals surface area contributed by atoms with Gasteiger partial charge in [-0.3, -0.25) is 14.2 Å². The number of thiophene rings is 1. The number of amides is 1. The molecule has 0 saturated heterocycles. The summed E-state index contributed by atoms with van der Waals surface area (Å²) in [6.07, 6.45) is 4.05. The molecule has 0 bridgehead atoms. The summed E-state index contributed by atoms with van der Waals surface area (Å²) in [5, 5.41) is 4.59. The van der Waals surface area contributed by atoms with Crippen LogP contribution in [-0.2, 0) is 17.6 Å². The molecule has 2 aromatic heterocycles. The van der Waals surface area contributed by atoms with E-state index in [1.807, 2.05) is 19.1 Å². The molecule has 37 heavy (non-hydrogen) atoms. The molecule has 10 heteroatoms. The maximum atomic E-state index is 14.0. The number of hydrogen-bond donors (Lipinski definition) is 1. The molecule has 7 nitrogen and oxygen atoms in total. The number of carbonyl (C=O) groups excluding carboxylic acids is 1. The zero-order valence-electron chi connectivity index (χ0n) is 20.7. The van der Waals surface area contributed by atoms with Crippen LogP contribution in [0, 0.1) is 6.92 Å². The van der Waals surface area contributed by atoms with Crippen molar-refractivity contribution in [3.63, 3.8) is 0 Å². The molecule has 0 unspecified atom stereocenters. The molecule has 0 spiro atoms. The van der Waals surface area contributed by atoms with Gasteiger partial charge in [0.25, 0.3) is 5.56 Å². The third kappa shape index (κ3) is 4.95. The van der Waals surface area contributed by atoms with Crippen LogP contribution in [0.4, 0.5) is 5.69 Å². The van der Waals surface area contributed by atoms with E-state index < -0.39 is 0 Å². The summed E-state index contributed by atoms with van der Waals surface area (Å²) in [6.45, 7) is 1.88. The molecule has 192 valence electrons. The van der Waals surface area contributed by atoms with E-state index in [1.54, 1.807) is 47.3 Å². The number of rotatable bonds is 7. The first kappa shape index (κ1) is 25.6. The van der Waals surface area contributed by atoms with E-state index in [-0.39, 0.29) is 17.2 Å². The van der Waals surface area contributed by atoms with Crippen molar-refractivity contribution in [2.75, 3.05) is 25.3 Å². The van der Waals surface area contributed by atoms with Crippen LogP contribution in [-0.4, -0.2) is 35.4 Å². The first-order valence-electron chi connectivity index (χ1n) is 11.9. The molecule has 5 rings (SSSR count). The monoisotopic (exact) mass is 555 g/mol. The van der Waals surface area contributed by atoms with Crippen LogP contribution >= 0.6 is 34.7 Å². The highest BCUT2D eigenvalue weighted by Gasteiger charge is 2.24. The van der Waals surface area contributed by atoms with Gasteiger partial charge >= 0.3 is 0 Å². The predicted molar refractivity (Wildman–Crippen MR) is 151 cm³/mol. The number of hydrogen-bond acceptors (Lipinski definition) is 7. The third-order valence-electron chi connectivity index (χ3n) is 6.45. The Morgan fingerprint density at radius 2 is 2.00 bits per heavy atom. The zero-order valence-corrected chi connectivity index (χ0v) is 23.1. The maximum absolute atomic E-state index is 14.0.